The Morgan fingerprint density at radius 3 is 2.37 bits per heavy atom. The highest BCUT2D eigenvalue weighted by molar-refractivity contribution is 6.43. The SMILES string of the molecule is O=c1[nH]ccc(-c2cccc(Cl)c2Cl)c1C(F)(F)F. The third-order valence-corrected chi connectivity index (χ3v) is 3.30. The molecule has 0 bridgehead atoms. The summed E-state index contributed by atoms with van der Waals surface area (Å²) in [6, 6.07) is 5.43. The third-order valence-electron chi connectivity index (χ3n) is 2.49. The standard InChI is InChI=1S/C12H6Cl2F3NO/c13-8-3-1-2-7(10(8)14)6-4-5-18-11(19)9(6)12(15,16)17/h1-5H,(H,18,19). The van der Waals surface area contributed by atoms with Gasteiger partial charge >= 0.3 is 6.18 Å². The molecule has 2 nitrogen and oxygen atoms in total. The second-order valence-corrected chi connectivity index (χ2v) is 4.48. The number of aromatic amines is 1. The Kier molecular flexibility index (Phi) is 3.60. The zero-order chi connectivity index (χ0) is 14.2. The van der Waals surface area contributed by atoms with Gasteiger partial charge in [-0.15, -0.1) is 0 Å². The van der Waals surface area contributed by atoms with Crippen molar-refractivity contribution in [1.29, 1.82) is 0 Å². The van der Waals surface area contributed by atoms with E-state index in [1.807, 2.05) is 4.98 Å². The molecular weight excluding hydrogens is 302 g/mol. The monoisotopic (exact) mass is 307 g/mol. The largest absolute Gasteiger partial charge is 0.422 e. The van der Waals surface area contributed by atoms with Gasteiger partial charge in [0.15, 0.2) is 0 Å². The van der Waals surface area contributed by atoms with E-state index in [-0.39, 0.29) is 21.2 Å². The Bertz CT molecular complexity index is 679. The first-order valence-corrected chi connectivity index (χ1v) is 5.81. The maximum atomic E-state index is 12.9. The topological polar surface area (TPSA) is 32.9 Å². The van der Waals surface area contributed by atoms with Gasteiger partial charge in [-0.25, -0.2) is 0 Å². The Labute approximate surface area is 115 Å². The number of H-pyrrole nitrogens is 1. The molecule has 0 spiro atoms. The van der Waals surface area contributed by atoms with Gasteiger partial charge in [0.1, 0.15) is 5.56 Å². The Hall–Kier alpha value is -1.46. The lowest BCUT2D eigenvalue weighted by molar-refractivity contribution is -0.138. The molecule has 0 aliphatic rings. The molecule has 19 heavy (non-hydrogen) atoms. The lowest BCUT2D eigenvalue weighted by Crippen LogP contribution is -2.22. The number of rotatable bonds is 1. The molecule has 0 saturated heterocycles. The minimum absolute atomic E-state index is 0.0275. The summed E-state index contributed by atoms with van der Waals surface area (Å²) in [7, 11) is 0. The molecule has 1 aromatic carbocycles. The zero-order valence-electron chi connectivity index (χ0n) is 9.18. The van der Waals surface area contributed by atoms with Crippen molar-refractivity contribution in [2.45, 2.75) is 6.18 Å². The van der Waals surface area contributed by atoms with Gasteiger partial charge in [-0.1, -0.05) is 35.3 Å². The summed E-state index contributed by atoms with van der Waals surface area (Å²) in [4.78, 5) is 13.4. The highest BCUT2D eigenvalue weighted by atomic mass is 35.5. The fourth-order valence-corrected chi connectivity index (χ4v) is 2.10. The first-order chi connectivity index (χ1) is 8.82. The number of nitrogens with one attached hydrogen (secondary N) is 1. The van der Waals surface area contributed by atoms with E-state index in [1.165, 1.54) is 18.2 Å². The molecule has 1 heterocycles. The minimum Gasteiger partial charge on any atom is -0.329 e. The van der Waals surface area contributed by atoms with Crippen molar-refractivity contribution in [1.82, 2.24) is 4.98 Å². The van der Waals surface area contributed by atoms with E-state index in [1.54, 1.807) is 0 Å². The number of alkyl halides is 3. The van der Waals surface area contributed by atoms with E-state index >= 15 is 0 Å². The Morgan fingerprint density at radius 2 is 1.74 bits per heavy atom. The van der Waals surface area contributed by atoms with Crippen molar-refractivity contribution in [3.05, 3.63) is 56.4 Å². The van der Waals surface area contributed by atoms with E-state index in [0.29, 0.717) is 0 Å². The van der Waals surface area contributed by atoms with Crippen molar-refractivity contribution in [3.63, 3.8) is 0 Å². The van der Waals surface area contributed by atoms with Gasteiger partial charge in [0.05, 0.1) is 10.0 Å². The zero-order valence-corrected chi connectivity index (χ0v) is 10.7. The van der Waals surface area contributed by atoms with Crippen molar-refractivity contribution in [3.8, 4) is 11.1 Å². The number of aromatic nitrogens is 1. The highest BCUT2D eigenvalue weighted by Crippen LogP contribution is 2.39. The molecule has 2 aromatic rings. The van der Waals surface area contributed by atoms with Crippen molar-refractivity contribution in [2.24, 2.45) is 0 Å². The van der Waals surface area contributed by atoms with Crippen LogP contribution in [0, 0.1) is 0 Å². The van der Waals surface area contributed by atoms with E-state index in [4.69, 9.17) is 23.2 Å². The highest BCUT2D eigenvalue weighted by Gasteiger charge is 2.37. The molecule has 7 heteroatoms. The quantitative estimate of drug-likeness (QED) is 0.834. The summed E-state index contributed by atoms with van der Waals surface area (Å²) in [5.74, 6) is 0. The molecule has 0 fully saturated rings. The molecule has 2 rings (SSSR count). The van der Waals surface area contributed by atoms with Crippen LogP contribution in [0.25, 0.3) is 11.1 Å². The Morgan fingerprint density at radius 1 is 1.05 bits per heavy atom. The second-order valence-electron chi connectivity index (χ2n) is 3.69. The molecular formula is C12H6Cl2F3NO. The van der Waals surface area contributed by atoms with Gasteiger partial charge in [0.2, 0.25) is 0 Å². The molecule has 0 saturated carbocycles. The van der Waals surface area contributed by atoms with Crippen molar-refractivity contribution in [2.75, 3.05) is 0 Å². The summed E-state index contributed by atoms with van der Waals surface area (Å²) >= 11 is 11.7. The summed E-state index contributed by atoms with van der Waals surface area (Å²) in [5.41, 5.74) is -2.75. The molecule has 0 unspecified atom stereocenters. The van der Waals surface area contributed by atoms with Crippen LogP contribution in [0.15, 0.2) is 35.3 Å². The van der Waals surface area contributed by atoms with Gasteiger partial charge < -0.3 is 4.98 Å². The van der Waals surface area contributed by atoms with Crippen molar-refractivity contribution < 1.29 is 13.2 Å². The number of pyridine rings is 1. The maximum Gasteiger partial charge on any atom is 0.422 e. The summed E-state index contributed by atoms with van der Waals surface area (Å²) in [6.45, 7) is 0. The van der Waals surface area contributed by atoms with Crippen LogP contribution >= 0.6 is 23.2 Å². The number of hydrogen-bond donors (Lipinski definition) is 1. The van der Waals surface area contributed by atoms with E-state index < -0.39 is 17.3 Å². The molecule has 0 aliphatic carbocycles. The van der Waals surface area contributed by atoms with Crippen LogP contribution in [0.5, 0.6) is 0 Å². The Balaban J connectivity index is 2.81. The average molecular weight is 308 g/mol. The second kappa shape index (κ2) is 4.90. The van der Waals surface area contributed by atoms with Gasteiger partial charge in [-0.2, -0.15) is 13.2 Å². The minimum atomic E-state index is -4.78. The smallest absolute Gasteiger partial charge is 0.329 e. The number of benzene rings is 1. The fraction of sp³-hybridized carbons (Fsp3) is 0.0833. The average Bonchev–Trinajstić information content (AvgIpc) is 2.30. The van der Waals surface area contributed by atoms with Gasteiger partial charge in [0, 0.05) is 17.3 Å². The number of halogens is 5. The first kappa shape index (κ1) is 14.0. The van der Waals surface area contributed by atoms with Crippen LogP contribution in [0.2, 0.25) is 10.0 Å². The van der Waals surface area contributed by atoms with Crippen LogP contribution in [0.1, 0.15) is 5.56 Å². The molecule has 0 aliphatic heterocycles. The van der Waals surface area contributed by atoms with Gasteiger partial charge in [0.25, 0.3) is 5.56 Å². The van der Waals surface area contributed by atoms with E-state index in [9.17, 15) is 18.0 Å². The molecule has 0 amide bonds. The van der Waals surface area contributed by atoms with Crippen LogP contribution in [0.3, 0.4) is 0 Å². The molecule has 0 radical (unpaired) electrons. The van der Waals surface area contributed by atoms with Crippen LogP contribution in [-0.4, -0.2) is 4.98 Å². The van der Waals surface area contributed by atoms with Gasteiger partial charge in [-0.3, -0.25) is 4.79 Å². The van der Waals surface area contributed by atoms with Crippen LogP contribution in [-0.2, 0) is 6.18 Å². The molecule has 1 aromatic heterocycles. The summed E-state index contributed by atoms with van der Waals surface area (Å²) in [6.07, 6.45) is -3.65. The maximum absolute atomic E-state index is 12.9. The lowest BCUT2D eigenvalue weighted by Gasteiger charge is -2.13. The molecule has 1 N–H and O–H groups in total. The van der Waals surface area contributed by atoms with Crippen LogP contribution in [0.4, 0.5) is 13.2 Å². The predicted octanol–water partition coefficient (Wildman–Crippen LogP) is 4.37. The third kappa shape index (κ3) is 2.62. The van der Waals surface area contributed by atoms with Crippen LogP contribution < -0.4 is 5.56 Å². The summed E-state index contributed by atoms with van der Waals surface area (Å²) < 4.78 is 38.8. The number of hydrogen-bond acceptors (Lipinski definition) is 1. The summed E-state index contributed by atoms with van der Waals surface area (Å²) in [5, 5.41) is 0.0906. The normalized spacial score (nSPS) is 11.6. The molecule has 100 valence electrons. The first-order valence-electron chi connectivity index (χ1n) is 5.05. The van der Waals surface area contributed by atoms with Crippen molar-refractivity contribution >= 4 is 23.2 Å². The van der Waals surface area contributed by atoms with E-state index in [2.05, 4.69) is 0 Å². The lowest BCUT2D eigenvalue weighted by atomic mass is 10.0. The van der Waals surface area contributed by atoms with Gasteiger partial charge in [-0.05, 0) is 12.1 Å². The molecule has 0 atom stereocenters. The van der Waals surface area contributed by atoms with E-state index in [0.717, 1.165) is 12.3 Å². The fourth-order valence-electron chi connectivity index (χ4n) is 1.70. The predicted molar refractivity (Wildman–Crippen MR) is 67.5 cm³/mol.